The third kappa shape index (κ3) is 3.47. The summed E-state index contributed by atoms with van der Waals surface area (Å²) in [5, 5.41) is 0. The van der Waals surface area contributed by atoms with Crippen LogP contribution < -0.4 is 4.74 Å². The average Bonchev–Trinajstić information content (AvgIpc) is 2.42. The molecule has 0 aromatic heterocycles. The molecule has 0 aliphatic carbocycles. The summed E-state index contributed by atoms with van der Waals surface area (Å²) < 4.78 is 10.9. The predicted octanol–water partition coefficient (Wildman–Crippen LogP) is 1.85. The van der Waals surface area contributed by atoms with Crippen molar-refractivity contribution in [3.05, 3.63) is 28.8 Å². The van der Waals surface area contributed by atoms with Crippen molar-refractivity contribution in [3.63, 3.8) is 0 Å². The lowest BCUT2D eigenvalue weighted by Gasteiger charge is -2.26. The molecule has 1 amide bonds. The second-order valence-corrected chi connectivity index (χ2v) is 4.98. The van der Waals surface area contributed by atoms with Crippen LogP contribution in [0, 0.1) is 20.8 Å². The van der Waals surface area contributed by atoms with Crippen LogP contribution in [-0.2, 0) is 9.53 Å². The molecule has 1 aromatic carbocycles. The number of amides is 1. The summed E-state index contributed by atoms with van der Waals surface area (Å²) in [7, 11) is 0. The van der Waals surface area contributed by atoms with Gasteiger partial charge in [0.2, 0.25) is 0 Å². The second-order valence-electron chi connectivity index (χ2n) is 4.98. The lowest BCUT2D eigenvalue weighted by atomic mass is 10.1. The van der Waals surface area contributed by atoms with Crippen molar-refractivity contribution in [1.82, 2.24) is 4.90 Å². The molecule has 1 saturated heterocycles. The molecule has 1 heterocycles. The molecule has 0 saturated carbocycles. The monoisotopic (exact) mass is 263 g/mol. The molecule has 1 aliphatic rings. The van der Waals surface area contributed by atoms with Gasteiger partial charge in [-0.3, -0.25) is 4.79 Å². The van der Waals surface area contributed by atoms with Crippen molar-refractivity contribution in [2.75, 3.05) is 32.9 Å². The minimum atomic E-state index is 0.0286. The maximum absolute atomic E-state index is 12.0. The summed E-state index contributed by atoms with van der Waals surface area (Å²) in [6.45, 7) is 8.78. The standard InChI is InChI=1S/C15H21NO3/c1-11-8-13(3)14(9-12(11)2)19-10-15(17)16-4-6-18-7-5-16/h8-9H,4-7,10H2,1-3H3. The molecule has 104 valence electrons. The van der Waals surface area contributed by atoms with Gasteiger partial charge in [-0.25, -0.2) is 0 Å². The van der Waals surface area contributed by atoms with E-state index in [0.717, 1.165) is 11.3 Å². The summed E-state index contributed by atoms with van der Waals surface area (Å²) >= 11 is 0. The molecule has 4 heteroatoms. The van der Waals surface area contributed by atoms with Crippen LogP contribution in [0.15, 0.2) is 12.1 Å². The highest BCUT2D eigenvalue weighted by Crippen LogP contribution is 2.22. The van der Waals surface area contributed by atoms with E-state index in [1.807, 2.05) is 19.9 Å². The zero-order valence-electron chi connectivity index (χ0n) is 11.9. The van der Waals surface area contributed by atoms with Crippen LogP contribution in [0.3, 0.4) is 0 Å². The second kappa shape index (κ2) is 6.06. The van der Waals surface area contributed by atoms with Crippen molar-refractivity contribution in [2.24, 2.45) is 0 Å². The van der Waals surface area contributed by atoms with Gasteiger partial charge in [0.15, 0.2) is 6.61 Å². The Morgan fingerprint density at radius 1 is 1.16 bits per heavy atom. The van der Waals surface area contributed by atoms with Crippen molar-refractivity contribution in [3.8, 4) is 5.75 Å². The summed E-state index contributed by atoms with van der Waals surface area (Å²) in [4.78, 5) is 13.8. The molecular formula is C15H21NO3. The number of aryl methyl sites for hydroxylation is 3. The summed E-state index contributed by atoms with van der Waals surface area (Å²) in [5.74, 6) is 0.825. The van der Waals surface area contributed by atoms with Gasteiger partial charge in [-0.15, -0.1) is 0 Å². The molecule has 0 atom stereocenters. The molecular weight excluding hydrogens is 242 g/mol. The van der Waals surface area contributed by atoms with E-state index in [-0.39, 0.29) is 12.5 Å². The van der Waals surface area contributed by atoms with Gasteiger partial charge in [0.05, 0.1) is 13.2 Å². The Morgan fingerprint density at radius 2 is 1.79 bits per heavy atom. The van der Waals surface area contributed by atoms with Crippen LogP contribution in [-0.4, -0.2) is 43.7 Å². The van der Waals surface area contributed by atoms with Gasteiger partial charge in [-0.05, 0) is 43.5 Å². The molecule has 1 aromatic rings. The Kier molecular flexibility index (Phi) is 4.43. The Morgan fingerprint density at radius 3 is 2.47 bits per heavy atom. The predicted molar refractivity (Wildman–Crippen MR) is 73.5 cm³/mol. The molecule has 0 radical (unpaired) electrons. The zero-order valence-corrected chi connectivity index (χ0v) is 11.9. The van der Waals surface area contributed by atoms with E-state index in [2.05, 4.69) is 13.0 Å². The summed E-state index contributed by atoms with van der Waals surface area (Å²) in [6.07, 6.45) is 0. The number of benzene rings is 1. The van der Waals surface area contributed by atoms with E-state index in [9.17, 15) is 4.79 Å². The van der Waals surface area contributed by atoms with Crippen LogP contribution in [0.1, 0.15) is 16.7 Å². The van der Waals surface area contributed by atoms with Crippen LogP contribution in [0.2, 0.25) is 0 Å². The SMILES string of the molecule is Cc1cc(C)c(OCC(=O)N2CCOCC2)cc1C. The number of hydrogen-bond donors (Lipinski definition) is 0. The minimum Gasteiger partial charge on any atom is -0.483 e. The van der Waals surface area contributed by atoms with Gasteiger partial charge in [0, 0.05) is 13.1 Å². The number of carbonyl (C=O) groups is 1. The Balaban J connectivity index is 1.94. The topological polar surface area (TPSA) is 38.8 Å². The van der Waals surface area contributed by atoms with Gasteiger partial charge < -0.3 is 14.4 Å². The van der Waals surface area contributed by atoms with Crippen LogP contribution in [0.5, 0.6) is 5.75 Å². The van der Waals surface area contributed by atoms with Gasteiger partial charge in [0.1, 0.15) is 5.75 Å². The fourth-order valence-electron chi connectivity index (χ4n) is 2.13. The number of morpholine rings is 1. The van der Waals surface area contributed by atoms with E-state index in [0.29, 0.717) is 26.3 Å². The molecule has 4 nitrogen and oxygen atoms in total. The highest BCUT2D eigenvalue weighted by molar-refractivity contribution is 5.77. The highest BCUT2D eigenvalue weighted by atomic mass is 16.5. The molecule has 0 unspecified atom stereocenters. The molecule has 0 spiro atoms. The van der Waals surface area contributed by atoms with Crippen LogP contribution >= 0.6 is 0 Å². The van der Waals surface area contributed by atoms with Gasteiger partial charge >= 0.3 is 0 Å². The van der Waals surface area contributed by atoms with Crippen molar-refractivity contribution in [1.29, 1.82) is 0 Å². The van der Waals surface area contributed by atoms with Gasteiger partial charge in [0.25, 0.3) is 5.91 Å². The first-order chi connectivity index (χ1) is 9.08. The average molecular weight is 263 g/mol. The smallest absolute Gasteiger partial charge is 0.260 e. The van der Waals surface area contributed by atoms with Gasteiger partial charge in [-0.2, -0.15) is 0 Å². The number of hydrogen-bond acceptors (Lipinski definition) is 3. The van der Waals surface area contributed by atoms with E-state index >= 15 is 0 Å². The fourth-order valence-corrected chi connectivity index (χ4v) is 2.13. The molecule has 19 heavy (non-hydrogen) atoms. The van der Waals surface area contributed by atoms with Crippen molar-refractivity contribution < 1.29 is 14.3 Å². The molecule has 0 N–H and O–H groups in total. The largest absolute Gasteiger partial charge is 0.483 e. The first-order valence-electron chi connectivity index (χ1n) is 6.64. The zero-order chi connectivity index (χ0) is 13.8. The number of ether oxygens (including phenoxy) is 2. The van der Waals surface area contributed by atoms with E-state index in [1.165, 1.54) is 11.1 Å². The lowest BCUT2D eigenvalue weighted by molar-refractivity contribution is -0.137. The molecule has 1 aliphatic heterocycles. The van der Waals surface area contributed by atoms with E-state index in [1.54, 1.807) is 4.90 Å². The first kappa shape index (κ1) is 13.9. The summed E-state index contributed by atoms with van der Waals surface area (Å²) in [6, 6.07) is 4.08. The molecule has 1 fully saturated rings. The maximum atomic E-state index is 12.0. The Bertz CT molecular complexity index is 465. The van der Waals surface area contributed by atoms with Crippen LogP contribution in [0.25, 0.3) is 0 Å². The molecule has 0 bridgehead atoms. The highest BCUT2D eigenvalue weighted by Gasteiger charge is 2.17. The molecule has 2 rings (SSSR count). The van der Waals surface area contributed by atoms with Crippen molar-refractivity contribution >= 4 is 5.91 Å². The first-order valence-corrected chi connectivity index (χ1v) is 6.64. The van der Waals surface area contributed by atoms with E-state index < -0.39 is 0 Å². The van der Waals surface area contributed by atoms with E-state index in [4.69, 9.17) is 9.47 Å². The third-order valence-corrected chi connectivity index (χ3v) is 3.51. The lowest BCUT2D eigenvalue weighted by Crippen LogP contribution is -2.43. The normalized spacial score (nSPS) is 15.4. The van der Waals surface area contributed by atoms with Crippen LogP contribution in [0.4, 0.5) is 0 Å². The maximum Gasteiger partial charge on any atom is 0.260 e. The quantitative estimate of drug-likeness (QED) is 0.835. The van der Waals surface area contributed by atoms with Gasteiger partial charge in [-0.1, -0.05) is 6.07 Å². The Hall–Kier alpha value is -1.55. The minimum absolute atomic E-state index is 0.0286. The number of rotatable bonds is 3. The summed E-state index contributed by atoms with van der Waals surface area (Å²) in [5.41, 5.74) is 3.49. The van der Waals surface area contributed by atoms with Crippen molar-refractivity contribution in [2.45, 2.75) is 20.8 Å². The Labute approximate surface area is 114 Å². The third-order valence-electron chi connectivity index (χ3n) is 3.51. The fraction of sp³-hybridized carbons (Fsp3) is 0.533. The number of carbonyl (C=O) groups excluding carboxylic acids is 1. The number of nitrogens with zero attached hydrogens (tertiary/aromatic N) is 1.